The number of alkyl halides is 3. The van der Waals surface area contributed by atoms with Crippen LogP contribution in [0.4, 0.5) is 18.2 Å². The average molecular weight is 609 g/mol. The maximum Gasteiger partial charge on any atom is 0.416 e. The summed E-state index contributed by atoms with van der Waals surface area (Å²) in [5.41, 5.74) is 0.467. The molecule has 14 heteroatoms. The van der Waals surface area contributed by atoms with Gasteiger partial charge in [0.2, 0.25) is 0 Å². The van der Waals surface area contributed by atoms with E-state index in [-0.39, 0.29) is 37.7 Å². The summed E-state index contributed by atoms with van der Waals surface area (Å²) in [4.78, 5) is 15.2. The van der Waals surface area contributed by atoms with Crippen molar-refractivity contribution in [1.29, 1.82) is 0 Å². The maximum absolute atomic E-state index is 13.2. The van der Waals surface area contributed by atoms with Crippen LogP contribution in [0.2, 0.25) is 5.02 Å². The van der Waals surface area contributed by atoms with Gasteiger partial charge in [-0.1, -0.05) is 29.3 Å². The molecule has 0 fully saturated rings. The van der Waals surface area contributed by atoms with Gasteiger partial charge in [-0.2, -0.15) is 35.9 Å². The number of carbonyl (C=O) groups excluding carboxylic acids is 1. The van der Waals surface area contributed by atoms with E-state index in [2.05, 4.69) is 19.6 Å². The number of nitrogens with one attached hydrogen (secondary N) is 2. The number of rotatable bonds is 8. The second-order valence-electron chi connectivity index (χ2n) is 8.38. The zero-order valence-electron chi connectivity index (χ0n) is 20.8. The van der Waals surface area contributed by atoms with Gasteiger partial charge in [0, 0.05) is 5.56 Å². The highest BCUT2D eigenvalue weighted by Gasteiger charge is 2.30. The number of amides is 1. The number of carbonyl (C=O) groups is 1. The van der Waals surface area contributed by atoms with Crippen LogP contribution in [-0.4, -0.2) is 24.4 Å². The van der Waals surface area contributed by atoms with Crippen molar-refractivity contribution < 1.29 is 31.1 Å². The third kappa shape index (κ3) is 6.97. The quantitative estimate of drug-likeness (QED) is 0.174. The fourth-order valence-corrected chi connectivity index (χ4v) is 4.99. The highest BCUT2D eigenvalue weighted by atomic mass is 35.5. The number of aromatic nitrogens is 1. The van der Waals surface area contributed by atoms with Crippen molar-refractivity contribution in [1.82, 2.24) is 9.20 Å². The van der Waals surface area contributed by atoms with Gasteiger partial charge >= 0.3 is 6.18 Å². The van der Waals surface area contributed by atoms with E-state index < -0.39 is 27.7 Å². The molecule has 0 spiro atoms. The second-order valence-corrected chi connectivity index (χ2v) is 11.2. The van der Waals surface area contributed by atoms with E-state index in [1.54, 1.807) is 19.1 Å². The molecule has 208 valence electrons. The van der Waals surface area contributed by atoms with Gasteiger partial charge in [-0.05, 0) is 86.0 Å². The predicted octanol–water partition coefficient (Wildman–Crippen LogP) is 6.55. The summed E-state index contributed by atoms with van der Waals surface area (Å²) in [5, 5.41) is 6.97. The average Bonchev–Trinajstić information content (AvgIpc) is 3.22. The lowest BCUT2D eigenvalue weighted by Crippen LogP contribution is -2.28. The molecule has 0 bridgehead atoms. The van der Waals surface area contributed by atoms with Crippen molar-refractivity contribution in [2.24, 2.45) is 5.10 Å². The van der Waals surface area contributed by atoms with Crippen molar-refractivity contribution in [3.8, 4) is 11.5 Å². The molecule has 8 nitrogen and oxygen atoms in total. The maximum atomic E-state index is 13.2. The van der Waals surface area contributed by atoms with Crippen LogP contribution in [0.1, 0.15) is 22.4 Å². The number of anilines is 1. The Balaban J connectivity index is 1.60. The molecule has 3 aromatic carbocycles. The lowest BCUT2D eigenvalue weighted by Gasteiger charge is -2.11. The zero-order valence-corrected chi connectivity index (χ0v) is 23.2. The van der Waals surface area contributed by atoms with Crippen LogP contribution in [0.25, 0.3) is 0 Å². The highest BCUT2D eigenvalue weighted by Crippen LogP contribution is 2.32. The Hall–Kier alpha value is -3.94. The first-order valence-electron chi connectivity index (χ1n) is 11.4. The molecule has 0 saturated heterocycles. The van der Waals surface area contributed by atoms with Crippen LogP contribution in [0.15, 0.2) is 82.8 Å². The molecule has 4 rings (SSSR count). The molecule has 0 radical (unpaired) electrons. The van der Waals surface area contributed by atoms with E-state index in [9.17, 15) is 26.4 Å². The van der Waals surface area contributed by atoms with Gasteiger partial charge in [0.05, 0.1) is 21.2 Å². The minimum atomic E-state index is -4.47. The van der Waals surface area contributed by atoms with E-state index in [4.69, 9.17) is 16.3 Å². The first-order chi connectivity index (χ1) is 18.8. The molecule has 4 aromatic rings. The van der Waals surface area contributed by atoms with Crippen molar-refractivity contribution in [2.45, 2.75) is 24.9 Å². The molecular weight excluding hydrogens is 589 g/mol. The summed E-state index contributed by atoms with van der Waals surface area (Å²) >= 11 is 7.13. The number of nitrogens with zero attached hydrogens (tertiary/aromatic N) is 2. The first kappa shape index (κ1) is 29.1. The Kier molecular flexibility index (Phi) is 8.47. The SMILES string of the molecule is Cc1ccc(S(=O)(=O)N/N=C(/C(=O)Nc2snc(C)c2Cl)c2ccc(Oc3ccc(C(F)(F)F)cc3)cc2)cc1. The van der Waals surface area contributed by atoms with Crippen molar-refractivity contribution in [3.63, 3.8) is 0 Å². The smallest absolute Gasteiger partial charge is 0.416 e. The lowest BCUT2D eigenvalue weighted by molar-refractivity contribution is -0.137. The standard InChI is InChI=1S/C26H20ClF3N4O4S2/c1-15-3-13-21(14-4-15)40(36,37)34-32-23(24(35)31-25-22(27)16(2)33-39-25)17-5-9-19(10-6-17)38-20-11-7-18(8-12-20)26(28,29)30/h3-14,34H,1-2H3,(H,31,35)/b32-23+. The molecule has 40 heavy (non-hydrogen) atoms. The van der Waals surface area contributed by atoms with Crippen molar-refractivity contribution in [2.75, 3.05) is 5.32 Å². The van der Waals surface area contributed by atoms with Crippen LogP contribution in [0.5, 0.6) is 11.5 Å². The summed E-state index contributed by atoms with van der Waals surface area (Å²) in [5.74, 6) is -0.355. The largest absolute Gasteiger partial charge is 0.457 e. The molecule has 2 N–H and O–H groups in total. The Bertz CT molecular complexity index is 1650. The Morgan fingerprint density at radius 1 is 0.950 bits per heavy atom. The van der Waals surface area contributed by atoms with Gasteiger partial charge in [-0.3, -0.25) is 4.79 Å². The van der Waals surface area contributed by atoms with Gasteiger partial charge in [0.15, 0.2) is 5.71 Å². The van der Waals surface area contributed by atoms with E-state index in [1.807, 2.05) is 6.92 Å². The molecule has 0 aliphatic carbocycles. The number of halogens is 4. The van der Waals surface area contributed by atoms with Crippen molar-refractivity contribution in [3.05, 3.63) is 100 Å². The Labute approximate surface area is 236 Å². The Morgan fingerprint density at radius 2 is 1.52 bits per heavy atom. The number of aryl methyl sites for hydroxylation is 2. The van der Waals surface area contributed by atoms with E-state index in [1.165, 1.54) is 48.5 Å². The molecule has 0 aliphatic heterocycles. The van der Waals surface area contributed by atoms with Gasteiger partial charge in [0.25, 0.3) is 15.9 Å². The van der Waals surface area contributed by atoms with E-state index >= 15 is 0 Å². The number of ether oxygens (including phenoxy) is 1. The minimum absolute atomic E-state index is 0.0528. The van der Waals surface area contributed by atoms with Crippen molar-refractivity contribution >= 4 is 49.8 Å². The second kappa shape index (κ2) is 11.7. The number of benzene rings is 3. The van der Waals surface area contributed by atoms with Crippen LogP contribution in [-0.2, 0) is 21.0 Å². The normalized spacial score (nSPS) is 12.2. The minimum Gasteiger partial charge on any atom is -0.457 e. The topological polar surface area (TPSA) is 110 Å². The molecule has 0 aliphatic rings. The highest BCUT2D eigenvalue weighted by molar-refractivity contribution is 7.89. The fraction of sp³-hybridized carbons (Fsp3) is 0.115. The predicted molar refractivity (Wildman–Crippen MR) is 146 cm³/mol. The van der Waals surface area contributed by atoms with Gasteiger partial charge in [0.1, 0.15) is 16.5 Å². The monoisotopic (exact) mass is 608 g/mol. The molecule has 0 unspecified atom stereocenters. The Morgan fingerprint density at radius 3 is 2.05 bits per heavy atom. The molecule has 1 amide bonds. The fourth-order valence-electron chi connectivity index (χ4n) is 3.25. The number of sulfonamides is 1. The third-order valence-electron chi connectivity index (χ3n) is 5.39. The summed E-state index contributed by atoms with van der Waals surface area (Å²) in [6, 6.07) is 16.0. The lowest BCUT2D eigenvalue weighted by atomic mass is 10.1. The third-order valence-corrected chi connectivity index (χ3v) is 8.04. The van der Waals surface area contributed by atoms with Gasteiger partial charge in [-0.25, -0.2) is 0 Å². The van der Waals surface area contributed by atoms with E-state index in [0.29, 0.717) is 5.69 Å². The van der Waals surface area contributed by atoms with Crippen LogP contribution in [0, 0.1) is 13.8 Å². The molecule has 1 heterocycles. The summed E-state index contributed by atoms with van der Waals surface area (Å²) < 4.78 is 73.7. The zero-order chi connectivity index (χ0) is 29.1. The van der Waals surface area contributed by atoms with E-state index in [0.717, 1.165) is 29.2 Å². The first-order valence-corrected chi connectivity index (χ1v) is 14.0. The van der Waals surface area contributed by atoms with Crippen LogP contribution < -0.4 is 14.9 Å². The summed E-state index contributed by atoms with van der Waals surface area (Å²) in [7, 11) is -4.11. The number of hydrogen-bond acceptors (Lipinski definition) is 7. The number of hydrogen-bond donors (Lipinski definition) is 2. The summed E-state index contributed by atoms with van der Waals surface area (Å²) in [6.07, 6.45) is -4.47. The molecule has 0 atom stereocenters. The molecular formula is C26H20ClF3N4O4S2. The number of hydrazone groups is 1. The molecule has 1 aromatic heterocycles. The van der Waals surface area contributed by atoms with Gasteiger partial charge < -0.3 is 10.1 Å². The summed E-state index contributed by atoms with van der Waals surface area (Å²) in [6.45, 7) is 3.47. The van der Waals surface area contributed by atoms with Crippen LogP contribution in [0.3, 0.4) is 0 Å². The molecule has 0 saturated carbocycles. The van der Waals surface area contributed by atoms with Crippen LogP contribution >= 0.6 is 23.1 Å². The van der Waals surface area contributed by atoms with Gasteiger partial charge in [-0.15, -0.1) is 0 Å².